The van der Waals surface area contributed by atoms with Crippen LogP contribution in [0, 0.1) is 5.92 Å². The number of carbonyl (C=O) groups is 1. The maximum Gasteiger partial charge on any atom is 0.279 e. The minimum Gasteiger partial charge on any atom is -0.431 e. The van der Waals surface area contributed by atoms with Crippen LogP contribution in [0.15, 0.2) is 48.5 Å². The third-order valence-corrected chi connectivity index (χ3v) is 7.79. The first kappa shape index (κ1) is 22.3. The molecule has 2 fully saturated rings. The highest BCUT2D eigenvalue weighted by Gasteiger charge is 2.29. The number of rotatable bonds is 6. The zero-order valence-electron chi connectivity index (χ0n) is 19.3. The number of hydrogen-bond donors (Lipinski definition) is 0. The number of hydrogen-bond acceptors (Lipinski definition) is 6. The van der Waals surface area contributed by atoms with Gasteiger partial charge in [-0.2, -0.15) is 0 Å². The van der Waals surface area contributed by atoms with Gasteiger partial charge in [-0.05, 0) is 69.2 Å². The Labute approximate surface area is 199 Å². The number of thiazole rings is 1. The molecule has 0 atom stereocenters. The summed E-state index contributed by atoms with van der Waals surface area (Å²) in [6.07, 6.45) is 2.98. The highest BCUT2D eigenvalue weighted by atomic mass is 32.1. The van der Waals surface area contributed by atoms with Crippen LogP contribution in [0.1, 0.15) is 18.4 Å². The van der Waals surface area contributed by atoms with Crippen molar-refractivity contribution in [3.63, 3.8) is 0 Å². The number of carbonyl (C=O) groups excluding carboxylic acids is 1. The van der Waals surface area contributed by atoms with E-state index < -0.39 is 0 Å². The van der Waals surface area contributed by atoms with Gasteiger partial charge in [-0.25, -0.2) is 4.98 Å². The topological polar surface area (TPSA) is 48.9 Å². The first-order chi connectivity index (χ1) is 16.1. The highest BCUT2D eigenvalue weighted by molar-refractivity contribution is 7.20. The van der Waals surface area contributed by atoms with Crippen molar-refractivity contribution in [1.29, 1.82) is 0 Å². The predicted molar refractivity (Wildman–Crippen MR) is 133 cm³/mol. The lowest BCUT2D eigenvalue weighted by Crippen LogP contribution is -2.50. The zero-order valence-corrected chi connectivity index (χ0v) is 20.1. The van der Waals surface area contributed by atoms with Crippen LogP contribution in [-0.4, -0.2) is 78.5 Å². The van der Waals surface area contributed by atoms with E-state index in [1.165, 1.54) is 5.56 Å². The SMILES string of the molecule is CN1CCN(C(=O)C2CCN(CCc3ccc(Oc4nc5ccccc5s4)cc3)CC2)CC1. The van der Waals surface area contributed by atoms with Crippen molar-refractivity contribution in [3.8, 4) is 10.9 Å². The molecule has 0 N–H and O–H groups in total. The third kappa shape index (κ3) is 5.54. The van der Waals surface area contributed by atoms with E-state index in [0.717, 1.165) is 81.0 Å². The molecule has 5 rings (SSSR count). The molecule has 0 saturated carbocycles. The summed E-state index contributed by atoms with van der Waals surface area (Å²) >= 11 is 1.57. The highest BCUT2D eigenvalue weighted by Crippen LogP contribution is 2.31. The number of ether oxygens (including phenoxy) is 1. The van der Waals surface area contributed by atoms with Gasteiger partial charge in [0.2, 0.25) is 5.91 Å². The summed E-state index contributed by atoms with van der Waals surface area (Å²) in [6, 6.07) is 16.4. The van der Waals surface area contributed by atoms with Gasteiger partial charge < -0.3 is 19.4 Å². The van der Waals surface area contributed by atoms with E-state index in [-0.39, 0.29) is 5.92 Å². The lowest BCUT2D eigenvalue weighted by atomic mass is 9.94. The fraction of sp³-hybridized carbons (Fsp3) is 0.462. The summed E-state index contributed by atoms with van der Waals surface area (Å²) in [5.41, 5.74) is 2.28. The lowest BCUT2D eigenvalue weighted by Gasteiger charge is -2.37. The maximum atomic E-state index is 12.8. The van der Waals surface area contributed by atoms with Gasteiger partial charge in [-0.1, -0.05) is 35.6 Å². The number of likely N-dealkylation sites (tertiary alicyclic amines) is 1. The average molecular weight is 465 g/mol. The second-order valence-electron chi connectivity index (χ2n) is 9.19. The van der Waals surface area contributed by atoms with E-state index in [0.29, 0.717) is 11.1 Å². The molecule has 1 amide bonds. The number of nitrogens with zero attached hydrogens (tertiary/aromatic N) is 4. The quantitative estimate of drug-likeness (QED) is 0.549. The summed E-state index contributed by atoms with van der Waals surface area (Å²) in [7, 11) is 2.13. The van der Waals surface area contributed by atoms with Crippen molar-refractivity contribution in [1.82, 2.24) is 19.7 Å². The van der Waals surface area contributed by atoms with Gasteiger partial charge in [-0.3, -0.25) is 4.79 Å². The molecule has 33 heavy (non-hydrogen) atoms. The van der Waals surface area contributed by atoms with Crippen molar-refractivity contribution < 1.29 is 9.53 Å². The number of aromatic nitrogens is 1. The van der Waals surface area contributed by atoms with Gasteiger partial charge >= 0.3 is 0 Å². The Morgan fingerprint density at radius 1 is 1.00 bits per heavy atom. The van der Waals surface area contributed by atoms with E-state index >= 15 is 0 Å². The van der Waals surface area contributed by atoms with Gasteiger partial charge in [0.15, 0.2) is 0 Å². The summed E-state index contributed by atoms with van der Waals surface area (Å²) in [4.78, 5) is 24.3. The third-order valence-electron chi connectivity index (χ3n) is 6.87. The minimum absolute atomic E-state index is 0.212. The molecule has 2 aromatic carbocycles. The molecule has 3 aromatic rings. The summed E-state index contributed by atoms with van der Waals surface area (Å²) < 4.78 is 7.10. The molecule has 3 heterocycles. The molecule has 7 heteroatoms. The lowest BCUT2D eigenvalue weighted by molar-refractivity contribution is -0.138. The van der Waals surface area contributed by atoms with E-state index in [9.17, 15) is 4.79 Å². The Kier molecular flexibility index (Phi) is 6.90. The maximum absolute atomic E-state index is 12.8. The second kappa shape index (κ2) is 10.2. The normalized spacial score (nSPS) is 18.6. The molecule has 0 unspecified atom stereocenters. The molecule has 6 nitrogen and oxygen atoms in total. The number of fused-ring (bicyclic) bond motifs is 1. The van der Waals surface area contributed by atoms with Crippen LogP contribution in [0.2, 0.25) is 0 Å². The van der Waals surface area contributed by atoms with Crippen molar-refractivity contribution in [3.05, 3.63) is 54.1 Å². The smallest absolute Gasteiger partial charge is 0.279 e. The number of amides is 1. The largest absolute Gasteiger partial charge is 0.431 e. The van der Waals surface area contributed by atoms with Gasteiger partial charge in [0.25, 0.3) is 5.19 Å². The number of para-hydroxylation sites is 1. The Morgan fingerprint density at radius 3 is 2.45 bits per heavy atom. The Balaban J connectivity index is 1.06. The van der Waals surface area contributed by atoms with Crippen molar-refractivity contribution in [2.75, 3.05) is 52.9 Å². The van der Waals surface area contributed by atoms with Gasteiger partial charge in [-0.15, -0.1) is 0 Å². The van der Waals surface area contributed by atoms with Crippen LogP contribution in [0.4, 0.5) is 0 Å². The summed E-state index contributed by atoms with van der Waals surface area (Å²) in [5, 5.41) is 0.679. The van der Waals surface area contributed by atoms with Crippen molar-refractivity contribution in [2.24, 2.45) is 5.92 Å². The molecule has 2 saturated heterocycles. The van der Waals surface area contributed by atoms with Crippen LogP contribution in [-0.2, 0) is 11.2 Å². The molecule has 0 aliphatic carbocycles. The van der Waals surface area contributed by atoms with Crippen molar-refractivity contribution >= 4 is 27.5 Å². The van der Waals surface area contributed by atoms with Gasteiger partial charge in [0.1, 0.15) is 5.75 Å². The van der Waals surface area contributed by atoms with E-state index in [4.69, 9.17) is 4.74 Å². The van der Waals surface area contributed by atoms with Crippen molar-refractivity contribution in [2.45, 2.75) is 19.3 Å². The Hall–Kier alpha value is -2.48. The fourth-order valence-electron chi connectivity index (χ4n) is 4.70. The molecule has 0 bridgehead atoms. The van der Waals surface area contributed by atoms with Crippen LogP contribution < -0.4 is 4.74 Å². The molecule has 0 spiro atoms. The summed E-state index contributed by atoms with van der Waals surface area (Å²) in [5.74, 6) is 1.41. The Morgan fingerprint density at radius 2 is 1.73 bits per heavy atom. The minimum atomic E-state index is 0.212. The predicted octanol–water partition coefficient (Wildman–Crippen LogP) is 4.12. The van der Waals surface area contributed by atoms with E-state index in [2.05, 4.69) is 44.9 Å². The molecular formula is C26H32N4O2S. The second-order valence-corrected chi connectivity index (χ2v) is 10.2. The molecule has 174 valence electrons. The van der Waals surface area contributed by atoms with Gasteiger partial charge in [0.05, 0.1) is 10.2 Å². The number of piperidine rings is 1. The molecule has 2 aliphatic heterocycles. The first-order valence-electron chi connectivity index (χ1n) is 12.0. The molecule has 1 aromatic heterocycles. The van der Waals surface area contributed by atoms with Crippen LogP contribution in [0.3, 0.4) is 0 Å². The van der Waals surface area contributed by atoms with Crippen LogP contribution in [0.25, 0.3) is 10.2 Å². The molecular weight excluding hydrogens is 432 g/mol. The van der Waals surface area contributed by atoms with E-state index in [1.807, 2.05) is 30.3 Å². The zero-order chi connectivity index (χ0) is 22.6. The van der Waals surface area contributed by atoms with Crippen LogP contribution in [0.5, 0.6) is 10.9 Å². The fourth-order valence-corrected chi connectivity index (χ4v) is 5.53. The number of likely N-dealkylation sites (N-methyl/N-ethyl adjacent to an activating group) is 1. The number of benzene rings is 2. The van der Waals surface area contributed by atoms with E-state index in [1.54, 1.807) is 11.3 Å². The van der Waals surface area contributed by atoms with Crippen LogP contribution >= 0.6 is 11.3 Å². The monoisotopic (exact) mass is 464 g/mol. The standard InChI is InChI=1S/C26H32N4O2S/c1-28-16-18-30(19-17-28)25(31)21-11-14-29(15-12-21)13-10-20-6-8-22(9-7-20)32-26-27-23-4-2-3-5-24(23)33-26/h2-9,21H,10-19H2,1H3. The average Bonchev–Trinajstić information content (AvgIpc) is 3.26. The first-order valence-corrected chi connectivity index (χ1v) is 12.8. The summed E-state index contributed by atoms with van der Waals surface area (Å²) in [6.45, 7) is 6.83. The Bertz CT molecular complexity index is 1030. The molecule has 2 aliphatic rings. The van der Waals surface area contributed by atoms with Gasteiger partial charge in [0, 0.05) is 38.6 Å². The number of piperazine rings is 1. The molecule has 0 radical (unpaired) electrons.